The number of hydrogen-bond acceptors (Lipinski definition) is 3. The molecule has 0 heterocycles. The van der Waals surface area contributed by atoms with Gasteiger partial charge in [-0.3, -0.25) is 0 Å². The fourth-order valence-corrected chi connectivity index (χ4v) is 1.88. The molecular formula is C17H19NO3. The monoisotopic (exact) mass is 285 g/mol. The van der Waals surface area contributed by atoms with Gasteiger partial charge in [-0.2, -0.15) is 0 Å². The van der Waals surface area contributed by atoms with E-state index in [1.165, 1.54) is 5.56 Å². The molecule has 0 aromatic heterocycles. The van der Waals surface area contributed by atoms with Crippen molar-refractivity contribution in [2.45, 2.75) is 13.0 Å². The van der Waals surface area contributed by atoms with Crippen molar-refractivity contribution in [3.05, 3.63) is 65.7 Å². The van der Waals surface area contributed by atoms with Gasteiger partial charge in [0.05, 0.1) is 7.11 Å². The van der Waals surface area contributed by atoms with Crippen LogP contribution >= 0.6 is 0 Å². The highest BCUT2D eigenvalue weighted by Crippen LogP contribution is 2.11. The number of hydrogen-bond donors (Lipinski definition) is 1. The molecular weight excluding hydrogens is 266 g/mol. The summed E-state index contributed by atoms with van der Waals surface area (Å²) in [7, 11) is 1.62. The number of rotatable bonds is 6. The second-order valence-electron chi connectivity index (χ2n) is 4.59. The Balaban J connectivity index is 1.67. The topological polar surface area (TPSA) is 47.6 Å². The van der Waals surface area contributed by atoms with Crippen molar-refractivity contribution in [2.24, 2.45) is 0 Å². The average molecular weight is 285 g/mol. The van der Waals surface area contributed by atoms with E-state index in [0.717, 1.165) is 17.7 Å². The third kappa shape index (κ3) is 5.18. The summed E-state index contributed by atoms with van der Waals surface area (Å²) in [5.74, 6) is 0.783. The minimum Gasteiger partial charge on any atom is -0.497 e. The number of methoxy groups -OCH3 is 1. The van der Waals surface area contributed by atoms with Crippen LogP contribution < -0.4 is 10.1 Å². The van der Waals surface area contributed by atoms with Gasteiger partial charge in [0.1, 0.15) is 12.4 Å². The van der Waals surface area contributed by atoms with Crippen molar-refractivity contribution in [2.75, 3.05) is 13.7 Å². The summed E-state index contributed by atoms with van der Waals surface area (Å²) < 4.78 is 10.2. The molecule has 1 N–H and O–H groups in total. The molecule has 0 spiro atoms. The molecule has 0 atom stereocenters. The second kappa shape index (κ2) is 7.94. The molecule has 4 nitrogen and oxygen atoms in total. The maximum Gasteiger partial charge on any atom is 0.407 e. The lowest BCUT2D eigenvalue weighted by molar-refractivity contribution is 0.140. The van der Waals surface area contributed by atoms with Crippen molar-refractivity contribution in [3.8, 4) is 5.75 Å². The molecule has 0 aliphatic heterocycles. The molecule has 2 aromatic rings. The Bertz CT molecular complexity index is 552. The smallest absolute Gasteiger partial charge is 0.407 e. The number of nitrogens with one attached hydrogen (secondary N) is 1. The molecule has 0 saturated carbocycles. The maximum atomic E-state index is 11.6. The molecule has 0 aliphatic carbocycles. The largest absolute Gasteiger partial charge is 0.497 e. The van der Waals surface area contributed by atoms with Crippen molar-refractivity contribution in [1.29, 1.82) is 0 Å². The van der Waals surface area contributed by atoms with Gasteiger partial charge in [0, 0.05) is 6.54 Å². The van der Waals surface area contributed by atoms with Gasteiger partial charge in [-0.1, -0.05) is 42.5 Å². The van der Waals surface area contributed by atoms with Crippen LogP contribution in [0.3, 0.4) is 0 Å². The van der Waals surface area contributed by atoms with E-state index in [-0.39, 0.29) is 6.61 Å². The lowest BCUT2D eigenvalue weighted by Crippen LogP contribution is -2.26. The van der Waals surface area contributed by atoms with Crippen LogP contribution in [0.2, 0.25) is 0 Å². The molecule has 2 aromatic carbocycles. The molecule has 0 unspecified atom stereocenters. The predicted molar refractivity (Wildman–Crippen MR) is 81.3 cm³/mol. The Hall–Kier alpha value is -2.49. The third-order valence-corrected chi connectivity index (χ3v) is 3.05. The zero-order valence-corrected chi connectivity index (χ0v) is 12.0. The van der Waals surface area contributed by atoms with Gasteiger partial charge in [0.15, 0.2) is 0 Å². The second-order valence-corrected chi connectivity index (χ2v) is 4.59. The van der Waals surface area contributed by atoms with Crippen LogP contribution in [-0.4, -0.2) is 19.7 Å². The highest BCUT2D eigenvalue weighted by atomic mass is 16.5. The lowest BCUT2D eigenvalue weighted by Gasteiger charge is -2.07. The SMILES string of the molecule is COc1ccc(COC(=O)NCCc2ccccc2)cc1. The van der Waals surface area contributed by atoms with Crippen LogP contribution in [-0.2, 0) is 17.8 Å². The molecule has 0 aliphatic rings. The first-order valence-corrected chi connectivity index (χ1v) is 6.85. The molecule has 0 bridgehead atoms. The van der Waals surface area contributed by atoms with Crippen molar-refractivity contribution in [1.82, 2.24) is 5.32 Å². The quantitative estimate of drug-likeness (QED) is 0.887. The van der Waals surface area contributed by atoms with Gasteiger partial charge in [0.25, 0.3) is 0 Å². The minimum absolute atomic E-state index is 0.251. The third-order valence-electron chi connectivity index (χ3n) is 3.05. The van der Waals surface area contributed by atoms with Gasteiger partial charge in [-0.05, 0) is 29.7 Å². The van der Waals surface area contributed by atoms with Crippen molar-refractivity contribution < 1.29 is 14.3 Å². The molecule has 0 fully saturated rings. The zero-order chi connectivity index (χ0) is 14.9. The number of carbonyl (C=O) groups excluding carboxylic acids is 1. The molecule has 21 heavy (non-hydrogen) atoms. The molecule has 2 rings (SSSR count). The first kappa shape index (κ1) is 14.9. The predicted octanol–water partition coefficient (Wildman–Crippen LogP) is 3.16. The standard InChI is InChI=1S/C17H19NO3/c1-20-16-9-7-15(8-10-16)13-21-17(19)18-12-11-14-5-3-2-4-6-14/h2-10H,11-13H2,1H3,(H,18,19). The Morgan fingerprint density at radius 2 is 1.71 bits per heavy atom. The summed E-state index contributed by atoms with van der Waals surface area (Å²) in [6.45, 7) is 0.812. The van der Waals surface area contributed by atoms with Gasteiger partial charge in [-0.15, -0.1) is 0 Å². The van der Waals surface area contributed by atoms with E-state index in [2.05, 4.69) is 5.32 Å². The fraction of sp³-hybridized carbons (Fsp3) is 0.235. The molecule has 110 valence electrons. The first-order valence-electron chi connectivity index (χ1n) is 6.85. The summed E-state index contributed by atoms with van der Waals surface area (Å²) in [5, 5.41) is 2.74. The number of benzene rings is 2. The Kier molecular flexibility index (Phi) is 5.64. The van der Waals surface area contributed by atoms with Crippen molar-refractivity contribution >= 4 is 6.09 Å². The van der Waals surface area contributed by atoms with E-state index < -0.39 is 6.09 Å². The molecule has 0 saturated heterocycles. The lowest BCUT2D eigenvalue weighted by atomic mass is 10.1. The van der Waals surface area contributed by atoms with E-state index >= 15 is 0 Å². The number of amides is 1. The Morgan fingerprint density at radius 1 is 1.00 bits per heavy atom. The normalized spacial score (nSPS) is 9.95. The summed E-state index contributed by atoms with van der Waals surface area (Å²) >= 11 is 0. The Labute approximate surface area is 124 Å². The first-order chi connectivity index (χ1) is 10.3. The van der Waals surface area contributed by atoms with Crippen molar-refractivity contribution in [3.63, 3.8) is 0 Å². The number of ether oxygens (including phenoxy) is 2. The summed E-state index contributed by atoms with van der Waals surface area (Å²) in [5.41, 5.74) is 2.11. The van der Waals surface area contributed by atoms with Gasteiger partial charge >= 0.3 is 6.09 Å². The van der Waals surface area contributed by atoms with Gasteiger partial charge in [-0.25, -0.2) is 4.79 Å². The zero-order valence-electron chi connectivity index (χ0n) is 12.0. The average Bonchev–Trinajstić information content (AvgIpc) is 2.54. The van der Waals surface area contributed by atoms with Crippen LogP contribution in [0.5, 0.6) is 5.75 Å². The van der Waals surface area contributed by atoms with Crippen LogP contribution in [0, 0.1) is 0 Å². The maximum absolute atomic E-state index is 11.6. The summed E-state index contributed by atoms with van der Waals surface area (Å²) in [4.78, 5) is 11.6. The minimum atomic E-state index is -0.401. The number of alkyl carbamates (subject to hydrolysis) is 1. The fourth-order valence-electron chi connectivity index (χ4n) is 1.88. The highest BCUT2D eigenvalue weighted by Gasteiger charge is 2.02. The van der Waals surface area contributed by atoms with E-state index in [1.807, 2.05) is 54.6 Å². The van der Waals surface area contributed by atoms with Gasteiger partial charge < -0.3 is 14.8 Å². The number of carbonyl (C=O) groups is 1. The highest BCUT2D eigenvalue weighted by molar-refractivity contribution is 5.67. The van der Waals surface area contributed by atoms with Crippen LogP contribution in [0.1, 0.15) is 11.1 Å². The van der Waals surface area contributed by atoms with Crippen LogP contribution in [0.15, 0.2) is 54.6 Å². The van der Waals surface area contributed by atoms with Crippen LogP contribution in [0.4, 0.5) is 4.79 Å². The molecule has 4 heteroatoms. The van der Waals surface area contributed by atoms with E-state index in [4.69, 9.17) is 9.47 Å². The molecule has 1 amide bonds. The van der Waals surface area contributed by atoms with E-state index in [0.29, 0.717) is 6.54 Å². The summed E-state index contributed by atoms with van der Waals surface area (Å²) in [6.07, 6.45) is 0.389. The molecule has 0 radical (unpaired) electrons. The van der Waals surface area contributed by atoms with E-state index in [9.17, 15) is 4.79 Å². The summed E-state index contributed by atoms with van der Waals surface area (Å²) in [6, 6.07) is 17.4. The van der Waals surface area contributed by atoms with Crippen LogP contribution in [0.25, 0.3) is 0 Å². The van der Waals surface area contributed by atoms with E-state index in [1.54, 1.807) is 7.11 Å². The Morgan fingerprint density at radius 3 is 2.38 bits per heavy atom. The van der Waals surface area contributed by atoms with Gasteiger partial charge in [0.2, 0.25) is 0 Å².